The van der Waals surface area contributed by atoms with Gasteiger partial charge in [0.1, 0.15) is 5.75 Å². The van der Waals surface area contributed by atoms with Gasteiger partial charge >= 0.3 is 6.36 Å². The van der Waals surface area contributed by atoms with Crippen molar-refractivity contribution in [2.24, 2.45) is 0 Å². The molecule has 5 heteroatoms. The number of nitrogens with zero attached hydrogens (tertiary/aromatic N) is 1. The van der Waals surface area contributed by atoms with Gasteiger partial charge in [-0.05, 0) is 79.1 Å². The Labute approximate surface area is 181 Å². The largest absolute Gasteiger partial charge is 0.573 e. The Kier molecular flexibility index (Phi) is 5.94. The van der Waals surface area contributed by atoms with Crippen LogP contribution in [0.1, 0.15) is 35.4 Å². The Bertz CT molecular complexity index is 1020. The molecule has 2 nitrogen and oxygen atoms in total. The van der Waals surface area contributed by atoms with Crippen LogP contribution in [0.3, 0.4) is 0 Å². The van der Waals surface area contributed by atoms with E-state index in [9.17, 15) is 13.2 Å². The number of aryl methyl sites for hydroxylation is 2. The highest BCUT2D eigenvalue weighted by Gasteiger charge is 2.31. The number of rotatable bonds is 4. The molecule has 1 heterocycles. The molecular weight excluding hydrogens is 399 g/mol. The normalized spacial score (nSPS) is 15.2. The number of alkyl halides is 3. The van der Waals surface area contributed by atoms with Gasteiger partial charge in [-0.15, -0.1) is 13.2 Å². The quantitative estimate of drug-likeness (QED) is 0.436. The maximum atomic E-state index is 12.4. The molecular formula is C26H26F3NO. The van der Waals surface area contributed by atoms with Crippen molar-refractivity contribution in [3.8, 4) is 16.9 Å². The predicted octanol–water partition coefficient (Wildman–Crippen LogP) is 7.25. The molecule has 0 bridgehead atoms. The van der Waals surface area contributed by atoms with Gasteiger partial charge in [0.15, 0.2) is 0 Å². The SMILES string of the molecule is Cc1cc(-c2ccccc2)c(N2CCC(c3ccc(OC(F)(F)F)cc3)CC2)cc1C. The number of piperidine rings is 1. The second-order valence-corrected chi connectivity index (χ2v) is 8.20. The van der Waals surface area contributed by atoms with Crippen LogP contribution in [0.4, 0.5) is 18.9 Å². The molecule has 0 spiro atoms. The first-order chi connectivity index (χ1) is 14.8. The number of hydrogen-bond acceptors (Lipinski definition) is 2. The smallest absolute Gasteiger partial charge is 0.406 e. The van der Waals surface area contributed by atoms with Crippen molar-refractivity contribution < 1.29 is 17.9 Å². The summed E-state index contributed by atoms with van der Waals surface area (Å²) in [5.41, 5.74) is 7.33. The van der Waals surface area contributed by atoms with Gasteiger partial charge in [-0.2, -0.15) is 0 Å². The van der Waals surface area contributed by atoms with Gasteiger partial charge in [-0.25, -0.2) is 0 Å². The minimum atomic E-state index is -4.66. The lowest BCUT2D eigenvalue weighted by Gasteiger charge is -2.35. The fourth-order valence-corrected chi connectivity index (χ4v) is 4.31. The van der Waals surface area contributed by atoms with E-state index in [1.807, 2.05) is 6.07 Å². The van der Waals surface area contributed by atoms with E-state index in [2.05, 4.69) is 59.9 Å². The van der Waals surface area contributed by atoms with Crippen LogP contribution < -0.4 is 9.64 Å². The van der Waals surface area contributed by atoms with Crippen LogP contribution in [0.2, 0.25) is 0 Å². The average molecular weight is 425 g/mol. The highest BCUT2D eigenvalue weighted by Crippen LogP contribution is 2.38. The van der Waals surface area contributed by atoms with Crippen LogP contribution in [-0.2, 0) is 0 Å². The van der Waals surface area contributed by atoms with Crippen LogP contribution in [0.5, 0.6) is 5.75 Å². The fourth-order valence-electron chi connectivity index (χ4n) is 4.31. The predicted molar refractivity (Wildman–Crippen MR) is 119 cm³/mol. The van der Waals surface area contributed by atoms with Crippen molar-refractivity contribution in [2.45, 2.75) is 39.0 Å². The molecule has 0 amide bonds. The summed E-state index contributed by atoms with van der Waals surface area (Å²) in [5.74, 6) is 0.166. The number of anilines is 1. The molecule has 162 valence electrons. The van der Waals surface area contributed by atoms with Gasteiger partial charge in [0.25, 0.3) is 0 Å². The van der Waals surface area contributed by atoms with Crippen molar-refractivity contribution in [2.75, 3.05) is 18.0 Å². The molecule has 1 aliphatic rings. The van der Waals surface area contributed by atoms with Gasteiger partial charge in [0.05, 0.1) is 0 Å². The van der Waals surface area contributed by atoms with E-state index in [1.54, 1.807) is 12.1 Å². The van der Waals surface area contributed by atoms with Crippen molar-refractivity contribution in [3.05, 3.63) is 83.4 Å². The van der Waals surface area contributed by atoms with E-state index in [0.29, 0.717) is 5.92 Å². The maximum Gasteiger partial charge on any atom is 0.573 e. The summed E-state index contributed by atoms with van der Waals surface area (Å²) < 4.78 is 41.1. The first kappa shape index (κ1) is 21.3. The number of benzene rings is 3. The van der Waals surface area contributed by atoms with Gasteiger partial charge in [0, 0.05) is 24.3 Å². The molecule has 0 radical (unpaired) electrons. The third kappa shape index (κ3) is 5.04. The van der Waals surface area contributed by atoms with Crippen molar-refractivity contribution in [3.63, 3.8) is 0 Å². The Morgan fingerprint density at radius 2 is 1.45 bits per heavy atom. The molecule has 0 atom stereocenters. The lowest BCUT2D eigenvalue weighted by atomic mass is 9.88. The van der Waals surface area contributed by atoms with Gasteiger partial charge in [-0.1, -0.05) is 42.5 Å². The van der Waals surface area contributed by atoms with E-state index < -0.39 is 6.36 Å². The minimum Gasteiger partial charge on any atom is -0.406 e. The van der Waals surface area contributed by atoms with Gasteiger partial charge in [-0.3, -0.25) is 0 Å². The third-order valence-electron chi connectivity index (χ3n) is 6.12. The third-order valence-corrected chi connectivity index (χ3v) is 6.12. The van der Waals surface area contributed by atoms with E-state index in [0.717, 1.165) is 31.5 Å². The molecule has 3 aromatic rings. The molecule has 31 heavy (non-hydrogen) atoms. The van der Waals surface area contributed by atoms with Crippen LogP contribution in [-0.4, -0.2) is 19.5 Å². The second-order valence-electron chi connectivity index (χ2n) is 8.20. The summed E-state index contributed by atoms with van der Waals surface area (Å²) in [6.45, 7) is 6.11. The molecule has 0 N–H and O–H groups in total. The van der Waals surface area contributed by atoms with Gasteiger partial charge in [0.2, 0.25) is 0 Å². The maximum absolute atomic E-state index is 12.4. The average Bonchev–Trinajstić information content (AvgIpc) is 2.76. The summed E-state index contributed by atoms with van der Waals surface area (Å²) in [7, 11) is 0. The Morgan fingerprint density at radius 3 is 2.06 bits per heavy atom. The zero-order valence-corrected chi connectivity index (χ0v) is 17.7. The number of hydrogen-bond donors (Lipinski definition) is 0. The lowest BCUT2D eigenvalue weighted by Crippen LogP contribution is -2.33. The summed E-state index contributed by atoms with van der Waals surface area (Å²) in [5, 5.41) is 0. The molecule has 0 aromatic heterocycles. The fraction of sp³-hybridized carbons (Fsp3) is 0.308. The molecule has 1 saturated heterocycles. The molecule has 1 aliphatic heterocycles. The molecule has 4 rings (SSSR count). The Balaban J connectivity index is 1.50. The summed E-state index contributed by atoms with van der Waals surface area (Å²) in [4.78, 5) is 2.44. The van der Waals surface area contributed by atoms with E-state index in [-0.39, 0.29) is 5.75 Å². The van der Waals surface area contributed by atoms with Crippen LogP contribution in [0, 0.1) is 13.8 Å². The summed E-state index contributed by atoms with van der Waals surface area (Å²) in [6.07, 6.45) is -2.74. The van der Waals surface area contributed by atoms with Crippen molar-refractivity contribution in [1.29, 1.82) is 0 Å². The molecule has 0 aliphatic carbocycles. The lowest BCUT2D eigenvalue weighted by molar-refractivity contribution is -0.274. The molecule has 0 unspecified atom stereocenters. The standard InChI is InChI=1S/C26H26F3NO/c1-18-16-24(22-6-4-3-5-7-22)25(17-19(18)2)30-14-12-21(13-15-30)20-8-10-23(11-9-20)31-26(27,28)29/h3-11,16-17,21H,12-15H2,1-2H3. The monoisotopic (exact) mass is 425 g/mol. The highest BCUT2D eigenvalue weighted by atomic mass is 19.4. The molecule has 1 fully saturated rings. The first-order valence-corrected chi connectivity index (χ1v) is 10.6. The zero-order valence-electron chi connectivity index (χ0n) is 17.7. The first-order valence-electron chi connectivity index (χ1n) is 10.6. The second kappa shape index (κ2) is 8.66. The topological polar surface area (TPSA) is 12.5 Å². The van der Waals surface area contributed by atoms with Crippen LogP contribution in [0.15, 0.2) is 66.7 Å². The summed E-state index contributed by atoms with van der Waals surface area (Å²) >= 11 is 0. The Hall–Kier alpha value is -2.95. The van der Waals surface area contributed by atoms with Crippen molar-refractivity contribution >= 4 is 5.69 Å². The number of halogens is 3. The molecule has 0 saturated carbocycles. The van der Waals surface area contributed by atoms with Gasteiger partial charge < -0.3 is 9.64 Å². The molecule has 3 aromatic carbocycles. The Morgan fingerprint density at radius 1 is 0.839 bits per heavy atom. The number of ether oxygens (including phenoxy) is 1. The summed E-state index contributed by atoms with van der Waals surface area (Å²) in [6, 6.07) is 21.3. The highest BCUT2D eigenvalue weighted by molar-refractivity contribution is 5.80. The zero-order chi connectivity index (χ0) is 22.0. The van der Waals surface area contributed by atoms with E-state index in [1.165, 1.54) is 40.1 Å². The van der Waals surface area contributed by atoms with Crippen LogP contribution >= 0.6 is 0 Å². The van der Waals surface area contributed by atoms with Crippen LogP contribution in [0.25, 0.3) is 11.1 Å². The van der Waals surface area contributed by atoms with E-state index in [4.69, 9.17) is 0 Å². The van der Waals surface area contributed by atoms with Crippen molar-refractivity contribution in [1.82, 2.24) is 0 Å². The minimum absolute atomic E-state index is 0.170. The van der Waals surface area contributed by atoms with E-state index >= 15 is 0 Å².